The van der Waals surface area contributed by atoms with Crippen LogP contribution in [0.25, 0.3) is 22.0 Å². The minimum atomic E-state index is 0.992. The molecule has 0 atom stereocenters. The van der Waals surface area contributed by atoms with E-state index in [4.69, 9.17) is 0 Å². The number of hydrogen-bond donors (Lipinski definition) is 0. The van der Waals surface area contributed by atoms with Gasteiger partial charge in [-0.3, -0.25) is 9.97 Å². The Labute approximate surface area is 99.0 Å². The summed E-state index contributed by atoms with van der Waals surface area (Å²) < 4.78 is 0. The molecule has 0 bridgehead atoms. The second-order valence-corrected chi connectivity index (χ2v) is 4.39. The lowest BCUT2D eigenvalue weighted by molar-refractivity contribution is 1.17. The van der Waals surface area contributed by atoms with Crippen LogP contribution in [0.3, 0.4) is 0 Å². The molecule has 0 N–H and O–H groups in total. The van der Waals surface area contributed by atoms with Crippen LogP contribution in [0.5, 0.6) is 0 Å². The van der Waals surface area contributed by atoms with Crippen LogP contribution in [0.2, 0.25) is 0 Å². The Kier molecular flexibility index (Phi) is 1.64. The van der Waals surface area contributed by atoms with Crippen molar-refractivity contribution in [2.24, 2.45) is 0 Å². The Hall–Kier alpha value is -2.22. The van der Waals surface area contributed by atoms with Crippen LogP contribution in [0, 0.1) is 0 Å². The largest absolute Gasteiger partial charge is 0.262 e. The maximum atomic E-state index is 4.39. The Bertz CT molecular complexity index is 727. The second kappa shape index (κ2) is 3.14. The predicted molar refractivity (Wildman–Crippen MR) is 67.8 cm³/mol. The van der Waals surface area contributed by atoms with Crippen molar-refractivity contribution < 1.29 is 0 Å². The average molecular weight is 218 g/mol. The second-order valence-electron chi connectivity index (χ2n) is 4.39. The lowest BCUT2D eigenvalue weighted by atomic mass is 9.86. The first-order valence-corrected chi connectivity index (χ1v) is 5.73. The van der Waals surface area contributed by atoms with Crippen LogP contribution in [0.4, 0.5) is 0 Å². The highest BCUT2D eigenvalue weighted by Crippen LogP contribution is 2.37. The van der Waals surface area contributed by atoms with E-state index in [0.717, 1.165) is 11.9 Å². The van der Waals surface area contributed by atoms with Gasteiger partial charge in [-0.2, -0.15) is 0 Å². The molecule has 0 radical (unpaired) electrons. The Morgan fingerprint density at radius 1 is 0.882 bits per heavy atom. The highest BCUT2D eigenvalue weighted by molar-refractivity contribution is 5.99. The van der Waals surface area contributed by atoms with Crippen molar-refractivity contribution in [2.45, 2.75) is 6.42 Å². The van der Waals surface area contributed by atoms with Crippen molar-refractivity contribution in [3.05, 3.63) is 60.0 Å². The van der Waals surface area contributed by atoms with E-state index >= 15 is 0 Å². The van der Waals surface area contributed by atoms with Gasteiger partial charge in [0.25, 0.3) is 0 Å². The van der Waals surface area contributed by atoms with Crippen molar-refractivity contribution in [1.82, 2.24) is 9.97 Å². The molecule has 1 aromatic carbocycles. The average Bonchev–Trinajstić information content (AvgIpc) is 2.39. The van der Waals surface area contributed by atoms with Crippen molar-refractivity contribution in [2.75, 3.05) is 0 Å². The monoisotopic (exact) mass is 218 g/mol. The third-order valence-electron chi connectivity index (χ3n) is 3.42. The number of benzene rings is 1. The number of hydrogen-bond acceptors (Lipinski definition) is 2. The molecule has 0 aliphatic heterocycles. The third-order valence-corrected chi connectivity index (χ3v) is 3.42. The minimum absolute atomic E-state index is 0.992. The van der Waals surface area contributed by atoms with Crippen LogP contribution in [0.1, 0.15) is 11.1 Å². The van der Waals surface area contributed by atoms with Crippen molar-refractivity contribution >= 4 is 10.9 Å². The van der Waals surface area contributed by atoms with Crippen LogP contribution in [-0.2, 0) is 6.42 Å². The quantitative estimate of drug-likeness (QED) is 0.453. The molecule has 3 aromatic rings. The van der Waals surface area contributed by atoms with E-state index in [9.17, 15) is 0 Å². The molecule has 2 nitrogen and oxygen atoms in total. The maximum absolute atomic E-state index is 4.39. The van der Waals surface area contributed by atoms with Crippen molar-refractivity contribution in [3.63, 3.8) is 0 Å². The van der Waals surface area contributed by atoms with E-state index < -0.39 is 0 Å². The van der Waals surface area contributed by atoms with Crippen molar-refractivity contribution in [1.29, 1.82) is 0 Å². The van der Waals surface area contributed by atoms with E-state index in [1.54, 1.807) is 0 Å². The molecule has 0 fully saturated rings. The van der Waals surface area contributed by atoms with Gasteiger partial charge in [-0.25, -0.2) is 0 Å². The standard InChI is InChI=1S/C15H10N2/c1-2-4-12-10(3-1)7-11-5-6-17-14-9-16-8-13(12)15(11)14/h1-6,8-9H,7H2. The first-order valence-electron chi connectivity index (χ1n) is 5.73. The summed E-state index contributed by atoms with van der Waals surface area (Å²) in [5.41, 5.74) is 6.24. The van der Waals surface area contributed by atoms with Gasteiger partial charge in [0.05, 0.1) is 11.7 Å². The fourth-order valence-electron chi connectivity index (χ4n) is 2.67. The SMILES string of the molecule is c1ccc2c(c1)Cc1ccnc3cncc-2c13. The van der Waals surface area contributed by atoms with Gasteiger partial charge in [0.2, 0.25) is 0 Å². The van der Waals surface area contributed by atoms with Gasteiger partial charge in [-0.05, 0) is 29.2 Å². The van der Waals surface area contributed by atoms with E-state index in [1.807, 2.05) is 18.6 Å². The Morgan fingerprint density at radius 3 is 2.82 bits per heavy atom. The molecule has 0 saturated heterocycles. The molecule has 2 heterocycles. The fourth-order valence-corrected chi connectivity index (χ4v) is 2.67. The molecular weight excluding hydrogens is 208 g/mol. The van der Waals surface area contributed by atoms with Crippen LogP contribution in [-0.4, -0.2) is 9.97 Å². The molecule has 80 valence electrons. The summed E-state index contributed by atoms with van der Waals surface area (Å²) in [6.07, 6.45) is 6.66. The molecule has 0 spiro atoms. The zero-order chi connectivity index (χ0) is 11.2. The first-order chi connectivity index (χ1) is 8.43. The number of rotatable bonds is 0. The molecule has 2 heteroatoms. The highest BCUT2D eigenvalue weighted by Gasteiger charge is 2.17. The van der Waals surface area contributed by atoms with Gasteiger partial charge in [0.1, 0.15) is 0 Å². The Balaban J connectivity index is 2.22. The lowest BCUT2D eigenvalue weighted by Gasteiger charge is -2.19. The molecular formula is C15H10N2. The predicted octanol–water partition coefficient (Wildman–Crippen LogP) is 3.20. The molecule has 0 amide bonds. The summed E-state index contributed by atoms with van der Waals surface area (Å²) >= 11 is 0. The van der Waals surface area contributed by atoms with Gasteiger partial charge in [0, 0.05) is 23.3 Å². The van der Waals surface area contributed by atoms with E-state index in [-0.39, 0.29) is 0 Å². The molecule has 4 rings (SSSR count). The molecule has 1 aliphatic rings. The molecule has 1 aliphatic carbocycles. The fraction of sp³-hybridized carbons (Fsp3) is 0.0667. The Morgan fingerprint density at radius 2 is 1.82 bits per heavy atom. The number of aromatic nitrogens is 2. The third kappa shape index (κ3) is 1.15. The number of nitrogens with zero attached hydrogens (tertiary/aromatic N) is 2. The summed E-state index contributed by atoms with van der Waals surface area (Å²) in [6.45, 7) is 0. The summed E-state index contributed by atoms with van der Waals surface area (Å²) in [4.78, 5) is 8.69. The molecule has 0 saturated carbocycles. The molecule has 0 unspecified atom stereocenters. The zero-order valence-corrected chi connectivity index (χ0v) is 9.22. The normalized spacial score (nSPS) is 12.5. The summed E-state index contributed by atoms with van der Waals surface area (Å²) in [5.74, 6) is 0. The van der Waals surface area contributed by atoms with E-state index in [0.29, 0.717) is 0 Å². The maximum Gasteiger partial charge on any atom is 0.0894 e. The smallest absolute Gasteiger partial charge is 0.0894 e. The number of fused-ring (bicyclic) bond motifs is 2. The van der Waals surface area contributed by atoms with Crippen LogP contribution in [0.15, 0.2) is 48.9 Å². The number of pyridine rings is 2. The van der Waals surface area contributed by atoms with Gasteiger partial charge in [0.15, 0.2) is 0 Å². The van der Waals surface area contributed by atoms with Crippen LogP contribution >= 0.6 is 0 Å². The zero-order valence-electron chi connectivity index (χ0n) is 9.22. The molecule has 17 heavy (non-hydrogen) atoms. The highest BCUT2D eigenvalue weighted by atomic mass is 14.7. The van der Waals surface area contributed by atoms with Gasteiger partial charge in [-0.1, -0.05) is 24.3 Å². The van der Waals surface area contributed by atoms with E-state index in [2.05, 4.69) is 40.3 Å². The molecule has 2 aromatic heterocycles. The summed E-state index contributed by atoms with van der Waals surface area (Å²) in [5, 5.41) is 1.27. The van der Waals surface area contributed by atoms with E-state index in [1.165, 1.54) is 27.6 Å². The summed E-state index contributed by atoms with van der Waals surface area (Å²) in [6, 6.07) is 10.7. The van der Waals surface area contributed by atoms with Crippen LogP contribution < -0.4 is 0 Å². The first kappa shape index (κ1) is 8.88. The topological polar surface area (TPSA) is 25.8 Å². The lowest BCUT2D eigenvalue weighted by Crippen LogP contribution is -2.02. The van der Waals surface area contributed by atoms with Gasteiger partial charge in [-0.15, -0.1) is 0 Å². The van der Waals surface area contributed by atoms with Gasteiger partial charge < -0.3 is 0 Å². The minimum Gasteiger partial charge on any atom is -0.262 e. The van der Waals surface area contributed by atoms with Crippen molar-refractivity contribution in [3.8, 4) is 11.1 Å². The van der Waals surface area contributed by atoms with Gasteiger partial charge >= 0.3 is 0 Å². The summed E-state index contributed by atoms with van der Waals surface area (Å²) in [7, 11) is 0.